The van der Waals surface area contributed by atoms with Gasteiger partial charge in [0.15, 0.2) is 0 Å². The van der Waals surface area contributed by atoms with Gasteiger partial charge in [-0.3, -0.25) is 24.1 Å². The van der Waals surface area contributed by atoms with E-state index in [1.165, 1.54) is 4.90 Å². The Labute approximate surface area is 227 Å². The largest absolute Gasteiger partial charge is 0.355 e. The summed E-state index contributed by atoms with van der Waals surface area (Å²) in [4.78, 5) is 55.0. The van der Waals surface area contributed by atoms with E-state index >= 15 is 0 Å². The summed E-state index contributed by atoms with van der Waals surface area (Å²) in [6, 6.07) is 22.7. The molecule has 0 saturated carbocycles. The zero-order chi connectivity index (χ0) is 27.1. The van der Waals surface area contributed by atoms with E-state index < -0.39 is 6.04 Å². The minimum absolute atomic E-state index is 0.0681. The quantitative estimate of drug-likeness (QED) is 0.369. The van der Waals surface area contributed by atoms with Crippen LogP contribution in [0.3, 0.4) is 0 Å². The molecule has 4 amide bonds. The van der Waals surface area contributed by atoms with Crippen LogP contribution in [0, 0.1) is 0 Å². The number of rotatable bonds is 11. The van der Waals surface area contributed by atoms with Crippen LogP contribution >= 0.6 is 11.6 Å². The van der Waals surface area contributed by atoms with E-state index in [-0.39, 0.29) is 49.6 Å². The lowest BCUT2D eigenvalue weighted by molar-refractivity contribution is -0.141. The summed E-state index contributed by atoms with van der Waals surface area (Å²) in [5.74, 6) is -1.18. The smallest absolute Gasteiger partial charge is 0.261 e. The van der Waals surface area contributed by atoms with Crippen LogP contribution in [0.25, 0.3) is 0 Å². The van der Waals surface area contributed by atoms with Crippen molar-refractivity contribution in [2.24, 2.45) is 0 Å². The van der Waals surface area contributed by atoms with Crippen molar-refractivity contribution in [1.29, 1.82) is 0 Å². The number of benzene rings is 3. The van der Waals surface area contributed by atoms with Crippen LogP contribution in [0.4, 0.5) is 0 Å². The topological polar surface area (TPSA) is 86.8 Å². The third-order valence-electron chi connectivity index (χ3n) is 6.51. The number of halogens is 1. The second-order valence-corrected chi connectivity index (χ2v) is 9.60. The molecule has 1 unspecified atom stereocenters. The first kappa shape index (κ1) is 27.1. The van der Waals surface area contributed by atoms with Gasteiger partial charge in [-0.05, 0) is 48.7 Å². The number of nitrogens with zero attached hydrogens (tertiary/aromatic N) is 2. The molecule has 1 aliphatic heterocycles. The highest BCUT2D eigenvalue weighted by Gasteiger charge is 2.35. The van der Waals surface area contributed by atoms with Crippen molar-refractivity contribution in [2.75, 3.05) is 13.1 Å². The fraction of sp³-hybridized carbons (Fsp3) is 0.267. The van der Waals surface area contributed by atoms with Crippen LogP contribution in [-0.2, 0) is 22.6 Å². The lowest BCUT2D eigenvalue weighted by atomic mass is 10.0. The maximum Gasteiger partial charge on any atom is 0.261 e. The molecule has 1 heterocycles. The number of fused-ring (bicyclic) bond motifs is 1. The predicted molar refractivity (Wildman–Crippen MR) is 146 cm³/mol. The Kier molecular flexibility index (Phi) is 8.92. The fourth-order valence-electron chi connectivity index (χ4n) is 4.65. The number of amides is 4. The SMILES string of the molecule is CCNC(=O)C(Cc1ccccc1)N(Cc1cccc(Cl)c1)C(=O)CCCN1C(=O)c2ccccc2C1=O. The Balaban J connectivity index is 1.53. The van der Waals surface area contributed by atoms with Crippen molar-refractivity contribution in [3.05, 3.63) is 106 Å². The molecule has 7 nitrogen and oxygen atoms in total. The molecule has 0 bridgehead atoms. The molecule has 0 saturated heterocycles. The molecule has 0 radical (unpaired) electrons. The molecular weight excluding hydrogens is 502 g/mol. The van der Waals surface area contributed by atoms with Crippen LogP contribution in [-0.4, -0.2) is 52.6 Å². The summed E-state index contributed by atoms with van der Waals surface area (Å²) < 4.78 is 0. The van der Waals surface area contributed by atoms with Gasteiger partial charge in [-0.2, -0.15) is 0 Å². The van der Waals surface area contributed by atoms with Crippen molar-refractivity contribution < 1.29 is 19.2 Å². The molecule has 0 aliphatic carbocycles. The maximum atomic E-state index is 13.7. The zero-order valence-electron chi connectivity index (χ0n) is 21.2. The van der Waals surface area contributed by atoms with Crippen LogP contribution in [0.2, 0.25) is 5.02 Å². The van der Waals surface area contributed by atoms with Gasteiger partial charge in [0.25, 0.3) is 11.8 Å². The summed E-state index contributed by atoms with van der Waals surface area (Å²) in [5, 5.41) is 3.40. The van der Waals surface area contributed by atoms with Gasteiger partial charge >= 0.3 is 0 Å². The summed E-state index contributed by atoms with van der Waals surface area (Å²) >= 11 is 6.20. The summed E-state index contributed by atoms with van der Waals surface area (Å²) in [6.45, 7) is 2.58. The van der Waals surface area contributed by atoms with Gasteiger partial charge in [-0.25, -0.2) is 0 Å². The molecule has 1 N–H and O–H groups in total. The van der Waals surface area contributed by atoms with E-state index in [0.717, 1.165) is 11.1 Å². The first-order valence-corrected chi connectivity index (χ1v) is 13.1. The van der Waals surface area contributed by atoms with Crippen LogP contribution in [0.5, 0.6) is 0 Å². The molecular formula is C30H30ClN3O4. The van der Waals surface area contributed by atoms with Crippen LogP contribution < -0.4 is 5.32 Å². The Hall–Kier alpha value is -3.97. The average molecular weight is 532 g/mol. The minimum Gasteiger partial charge on any atom is -0.355 e. The molecule has 0 spiro atoms. The monoisotopic (exact) mass is 531 g/mol. The number of likely N-dealkylation sites (N-methyl/N-ethyl adjacent to an activating group) is 1. The van der Waals surface area contributed by atoms with Crippen LogP contribution in [0.15, 0.2) is 78.9 Å². The van der Waals surface area contributed by atoms with Gasteiger partial charge in [0.2, 0.25) is 11.8 Å². The second kappa shape index (κ2) is 12.5. The van der Waals surface area contributed by atoms with E-state index in [4.69, 9.17) is 11.6 Å². The van der Waals surface area contributed by atoms with Gasteiger partial charge < -0.3 is 10.2 Å². The first-order valence-electron chi connectivity index (χ1n) is 12.7. The molecule has 0 fully saturated rings. The number of nitrogens with one attached hydrogen (secondary N) is 1. The molecule has 1 aliphatic rings. The van der Waals surface area contributed by atoms with Crippen LogP contribution in [0.1, 0.15) is 51.6 Å². The van der Waals surface area contributed by atoms with Crippen molar-refractivity contribution in [2.45, 2.75) is 38.8 Å². The molecule has 3 aromatic carbocycles. The third-order valence-corrected chi connectivity index (χ3v) is 6.75. The van der Waals surface area contributed by atoms with Crippen molar-refractivity contribution in [3.63, 3.8) is 0 Å². The Morgan fingerprint density at radius 2 is 1.53 bits per heavy atom. The van der Waals surface area contributed by atoms with Crippen molar-refractivity contribution in [1.82, 2.24) is 15.1 Å². The maximum absolute atomic E-state index is 13.7. The van der Waals surface area contributed by atoms with E-state index in [9.17, 15) is 19.2 Å². The van der Waals surface area contributed by atoms with Gasteiger partial charge in [0, 0.05) is 37.5 Å². The molecule has 4 rings (SSSR count). The Morgan fingerprint density at radius 3 is 2.16 bits per heavy atom. The number of hydrogen-bond donors (Lipinski definition) is 1. The molecule has 0 aromatic heterocycles. The first-order chi connectivity index (χ1) is 18.4. The number of hydrogen-bond acceptors (Lipinski definition) is 4. The summed E-state index contributed by atoms with van der Waals surface area (Å²) in [7, 11) is 0. The van der Waals surface area contributed by atoms with E-state index in [2.05, 4.69) is 5.32 Å². The van der Waals surface area contributed by atoms with E-state index in [0.29, 0.717) is 29.1 Å². The van der Waals surface area contributed by atoms with Gasteiger partial charge in [0.05, 0.1) is 11.1 Å². The molecule has 38 heavy (non-hydrogen) atoms. The molecule has 1 atom stereocenters. The lowest BCUT2D eigenvalue weighted by Crippen LogP contribution is -2.50. The Morgan fingerprint density at radius 1 is 0.895 bits per heavy atom. The summed E-state index contributed by atoms with van der Waals surface area (Å²) in [5.41, 5.74) is 2.49. The number of carbonyl (C=O) groups is 4. The fourth-order valence-corrected chi connectivity index (χ4v) is 4.87. The molecule has 196 valence electrons. The summed E-state index contributed by atoms with van der Waals surface area (Å²) in [6.07, 6.45) is 0.694. The zero-order valence-corrected chi connectivity index (χ0v) is 22.0. The van der Waals surface area contributed by atoms with Gasteiger partial charge in [0.1, 0.15) is 6.04 Å². The third kappa shape index (κ3) is 6.29. The predicted octanol–water partition coefficient (Wildman–Crippen LogP) is 4.49. The normalized spacial score (nSPS) is 13.3. The van der Waals surface area contributed by atoms with Gasteiger partial charge in [-0.15, -0.1) is 0 Å². The highest BCUT2D eigenvalue weighted by atomic mass is 35.5. The van der Waals surface area contributed by atoms with Crippen molar-refractivity contribution >= 4 is 35.2 Å². The molecule has 3 aromatic rings. The molecule has 8 heteroatoms. The number of imide groups is 1. The highest BCUT2D eigenvalue weighted by Crippen LogP contribution is 2.23. The minimum atomic E-state index is -0.747. The average Bonchev–Trinajstić information content (AvgIpc) is 3.16. The van der Waals surface area contributed by atoms with Gasteiger partial charge in [-0.1, -0.05) is 66.2 Å². The standard InChI is InChI=1S/C30H30ClN3O4/c1-2-32-28(36)26(19-21-10-4-3-5-11-21)34(20-22-12-8-13-23(31)18-22)27(35)16-9-17-33-29(37)24-14-6-7-15-25(24)30(33)38/h3-8,10-15,18,26H,2,9,16-17,19-20H2,1H3,(H,32,36). The number of carbonyl (C=O) groups excluding carboxylic acids is 4. The Bertz CT molecular complexity index is 1290. The van der Waals surface area contributed by atoms with E-state index in [1.54, 1.807) is 47.4 Å². The van der Waals surface area contributed by atoms with Crippen molar-refractivity contribution in [3.8, 4) is 0 Å². The second-order valence-electron chi connectivity index (χ2n) is 9.16. The lowest BCUT2D eigenvalue weighted by Gasteiger charge is -2.31. The highest BCUT2D eigenvalue weighted by molar-refractivity contribution is 6.30. The van der Waals surface area contributed by atoms with E-state index in [1.807, 2.05) is 43.3 Å².